The summed E-state index contributed by atoms with van der Waals surface area (Å²) in [6.45, 7) is 3.53. The van der Waals surface area contributed by atoms with E-state index < -0.39 is 5.97 Å². The number of carbonyl (C=O) groups excluding carboxylic acids is 1. The van der Waals surface area contributed by atoms with Crippen LogP contribution in [-0.2, 0) is 4.74 Å². The lowest BCUT2D eigenvalue weighted by molar-refractivity contribution is 0.0601. The van der Waals surface area contributed by atoms with E-state index >= 15 is 0 Å². The van der Waals surface area contributed by atoms with Crippen LogP contribution >= 0.6 is 0 Å². The Morgan fingerprint density at radius 1 is 1.32 bits per heavy atom. The molecule has 0 saturated carbocycles. The monoisotopic (exact) mass is 341 g/mol. The zero-order valence-electron chi connectivity index (χ0n) is 13.9. The number of aromatic nitrogens is 2. The highest BCUT2D eigenvalue weighted by atomic mass is 16.5. The normalized spacial score (nSPS) is 15.5. The molecule has 0 aliphatic carbocycles. The fourth-order valence-electron chi connectivity index (χ4n) is 3.16. The number of methoxy groups -OCH3 is 1. The number of nitrogen functional groups attached to an aromatic ring is 1. The Hall–Kier alpha value is -2.87. The summed E-state index contributed by atoms with van der Waals surface area (Å²) in [4.78, 5) is 22.7. The van der Waals surface area contributed by atoms with E-state index in [1.807, 2.05) is 0 Å². The molecule has 0 spiro atoms. The average Bonchev–Trinajstić information content (AvgIpc) is 2.81. The Bertz CT molecular complexity index is 944. The van der Waals surface area contributed by atoms with Gasteiger partial charge in [0.2, 0.25) is 5.95 Å². The lowest BCUT2D eigenvalue weighted by atomic mass is 10.1. The van der Waals surface area contributed by atoms with Gasteiger partial charge in [-0.25, -0.2) is 9.78 Å². The standard InChI is InChI=1S/C17H19N5O3/c1-24-16(23)10-3-4-12-11(9-10)13-14(25-12)15(21-17(18)20-13)22-7-2-5-19-6-8-22/h3-4,9,19H,2,5-8H2,1H3,(H2,18,20,21). The van der Waals surface area contributed by atoms with Gasteiger partial charge in [0.15, 0.2) is 11.4 Å². The highest BCUT2D eigenvalue weighted by Crippen LogP contribution is 2.34. The molecule has 3 heterocycles. The Morgan fingerprint density at radius 3 is 3.04 bits per heavy atom. The lowest BCUT2D eigenvalue weighted by Gasteiger charge is -2.20. The fourth-order valence-corrected chi connectivity index (χ4v) is 3.16. The van der Waals surface area contributed by atoms with Crippen molar-refractivity contribution in [2.24, 2.45) is 0 Å². The fraction of sp³-hybridized carbons (Fsp3) is 0.353. The third-order valence-corrected chi connectivity index (χ3v) is 4.37. The van der Waals surface area contributed by atoms with Gasteiger partial charge in [-0.15, -0.1) is 0 Å². The topological polar surface area (TPSA) is 107 Å². The molecule has 0 atom stereocenters. The van der Waals surface area contributed by atoms with Crippen LogP contribution in [0.2, 0.25) is 0 Å². The largest absolute Gasteiger partial charge is 0.465 e. The van der Waals surface area contributed by atoms with Gasteiger partial charge < -0.3 is 25.1 Å². The van der Waals surface area contributed by atoms with Crippen LogP contribution < -0.4 is 16.0 Å². The van der Waals surface area contributed by atoms with Gasteiger partial charge in [-0.05, 0) is 31.2 Å². The molecule has 0 amide bonds. The molecule has 3 aromatic rings. The Labute approximate surface area is 144 Å². The summed E-state index contributed by atoms with van der Waals surface area (Å²) < 4.78 is 10.8. The van der Waals surface area contributed by atoms with Gasteiger partial charge in [0.25, 0.3) is 0 Å². The first-order valence-electron chi connectivity index (χ1n) is 8.21. The summed E-state index contributed by atoms with van der Waals surface area (Å²) in [6, 6.07) is 5.13. The number of fused-ring (bicyclic) bond motifs is 3. The number of anilines is 2. The average molecular weight is 341 g/mol. The van der Waals surface area contributed by atoms with Crippen molar-refractivity contribution in [2.75, 3.05) is 43.9 Å². The van der Waals surface area contributed by atoms with Crippen LogP contribution in [0.1, 0.15) is 16.8 Å². The molecule has 0 bridgehead atoms. The number of furan rings is 1. The maximum Gasteiger partial charge on any atom is 0.337 e. The van der Waals surface area contributed by atoms with E-state index in [9.17, 15) is 4.79 Å². The van der Waals surface area contributed by atoms with Gasteiger partial charge in [-0.1, -0.05) is 0 Å². The van der Waals surface area contributed by atoms with Crippen molar-refractivity contribution < 1.29 is 13.9 Å². The van der Waals surface area contributed by atoms with Crippen LogP contribution in [0.5, 0.6) is 0 Å². The van der Waals surface area contributed by atoms with Gasteiger partial charge >= 0.3 is 5.97 Å². The third-order valence-electron chi connectivity index (χ3n) is 4.37. The number of carbonyl (C=O) groups is 1. The van der Waals surface area contributed by atoms with Gasteiger partial charge in [0, 0.05) is 25.0 Å². The Kier molecular flexibility index (Phi) is 3.89. The van der Waals surface area contributed by atoms with Crippen LogP contribution in [0, 0.1) is 0 Å². The quantitative estimate of drug-likeness (QED) is 0.676. The number of benzene rings is 1. The molecule has 25 heavy (non-hydrogen) atoms. The molecule has 130 valence electrons. The molecule has 8 heteroatoms. The van der Waals surface area contributed by atoms with Crippen molar-refractivity contribution in [3.63, 3.8) is 0 Å². The number of nitrogens with zero attached hydrogens (tertiary/aromatic N) is 3. The molecule has 0 radical (unpaired) electrons. The Balaban J connectivity index is 1.91. The highest BCUT2D eigenvalue weighted by Gasteiger charge is 2.21. The number of ether oxygens (including phenoxy) is 1. The van der Waals surface area contributed by atoms with E-state index in [0.717, 1.165) is 38.0 Å². The van der Waals surface area contributed by atoms with Crippen molar-refractivity contribution in [3.05, 3.63) is 23.8 Å². The molecular formula is C17H19N5O3. The molecule has 3 N–H and O–H groups in total. The minimum Gasteiger partial charge on any atom is -0.465 e. The number of hydrogen-bond donors (Lipinski definition) is 2. The summed E-state index contributed by atoms with van der Waals surface area (Å²) >= 11 is 0. The molecule has 1 aliphatic heterocycles. The molecule has 2 aromatic heterocycles. The molecular weight excluding hydrogens is 322 g/mol. The maximum atomic E-state index is 11.8. The summed E-state index contributed by atoms with van der Waals surface area (Å²) in [6.07, 6.45) is 1.01. The number of hydrogen-bond acceptors (Lipinski definition) is 8. The summed E-state index contributed by atoms with van der Waals surface area (Å²) in [7, 11) is 1.35. The van der Waals surface area contributed by atoms with Crippen molar-refractivity contribution in [2.45, 2.75) is 6.42 Å². The van der Waals surface area contributed by atoms with Gasteiger partial charge in [0.05, 0.1) is 12.7 Å². The third kappa shape index (κ3) is 2.74. The molecule has 0 unspecified atom stereocenters. The van der Waals surface area contributed by atoms with Crippen molar-refractivity contribution in [3.8, 4) is 0 Å². The first-order valence-corrected chi connectivity index (χ1v) is 8.21. The van der Waals surface area contributed by atoms with E-state index in [0.29, 0.717) is 28.1 Å². The maximum absolute atomic E-state index is 11.8. The van der Waals surface area contributed by atoms with Crippen molar-refractivity contribution in [1.82, 2.24) is 15.3 Å². The molecule has 8 nitrogen and oxygen atoms in total. The van der Waals surface area contributed by atoms with Crippen LogP contribution in [-0.4, -0.2) is 49.2 Å². The summed E-state index contributed by atoms with van der Waals surface area (Å²) in [5.74, 6) is 0.477. The van der Waals surface area contributed by atoms with Crippen molar-refractivity contribution in [1.29, 1.82) is 0 Å². The molecule has 1 aliphatic rings. The first kappa shape index (κ1) is 15.6. The van der Waals surface area contributed by atoms with Crippen LogP contribution in [0.4, 0.5) is 11.8 Å². The van der Waals surface area contributed by atoms with Crippen molar-refractivity contribution >= 4 is 39.8 Å². The van der Waals surface area contributed by atoms with Gasteiger partial charge in [-0.3, -0.25) is 0 Å². The minimum atomic E-state index is -0.405. The van der Waals surface area contributed by atoms with E-state index in [1.165, 1.54) is 7.11 Å². The number of nitrogens with one attached hydrogen (secondary N) is 1. The second kappa shape index (κ2) is 6.21. The number of nitrogens with two attached hydrogens (primary N) is 1. The number of esters is 1. The lowest BCUT2D eigenvalue weighted by Crippen LogP contribution is -2.29. The Morgan fingerprint density at radius 2 is 2.20 bits per heavy atom. The smallest absolute Gasteiger partial charge is 0.337 e. The van der Waals surface area contributed by atoms with Crippen LogP contribution in [0.3, 0.4) is 0 Å². The summed E-state index contributed by atoms with van der Waals surface area (Å²) in [5.41, 5.74) is 8.23. The first-order chi connectivity index (χ1) is 12.2. The van der Waals surface area contributed by atoms with E-state index in [4.69, 9.17) is 14.9 Å². The van der Waals surface area contributed by atoms with Crippen LogP contribution in [0.25, 0.3) is 22.1 Å². The SMILES string of the molecule is COC(=O)c1ccc2oc3c(N4CCCNCC4)nc(N)nc3c2c1. The predicted molar refractivity (Wildman–Crippen MR) is 94.8 cm³/mol. The predicted octanol–water partition coefficient (Wildman–Crippen LogP) is 1.54. The highest BCUT2D eigenvalue weighted by molar-refractivity contribution is 6.08. The van der Waals surface area contributed by atoms with E-state index in [1.54, 1.807) is 18.2 Å². The van der Waals surface area contributed by atoms with Gasteiger partial charge in [-0.2, -0.15) is 4.98 Å². The summed E-state index contributed by atoms with van der Waals surface area (Å²) in [5, 5.41) is 4.09. The minimum absolute atomic E-state index is 0.186. The molecule has 1 saturated heterocycles. The second-order valence-corrected chi connectivity index (χ2v) is 5.98. The molecule has 1 fully saturated rings. The zero-order chi connectivity index (χ0) is 17.4. The van der Waals surface area contributed by atoms with E-state index in [-0.39, 0.29) is 5.95 Å². The number of rotatable bonds is 2. The van der Waals surface area contributed by atoms with Gasteiger partial charge in [0.1, 0.15) is 11.1 Å². The van der Waals surface area contributed by atoms with E-state index in [2.05, 4.69) is 20.2 Å². The zero-order valence-corrected chi connectivity index (χ0v) is 13.9. The molecule has 4 rings (SSSR count). The molecule has 1 aromatic carbocycles. The van der Waals surface area contributed by atoms with Crippen LogP contribution in [0.15, 0.2) is 22.6 Å². The second-order valence-electron chi connectivity index (χ2n) is 5.98.